The van der Waals surface area contributed by atoms with Gasteiger partial charge >= 0.3 is 0 Å². The molecule has 2 nitrogen and oxygen atoms in total. The second-order valence-electron chi connectivity index (χ2n) is 3.41. The Morgan fingerprint density at radius 1 is 1.67 bits per heavy atom. The molecule has 0 aliphatic heterocycles. The molecule has 0 bridgehead atoms. The Hall–Kier alpha value is -0.240. The van der Waals surface area contributed by atoms with Gasteiger partial charge in [-0.05, 0) is 19.8 Å². The van der Waals surface area contributed by atoms with E-state index in [0.29, 0.717) is 11.9 Å². The van der Waals surface area contributed by atoms with Gasteiger partial charge in [0.05, 0.1) is 0 Å². The maximum atomic E-state index is 11.6. The summed E-state index contributed by atoms with van der Waals surface area (Å²) in [5.41, 5.74) is 0. The molecule has 12 heavy (non-hydrogen) atoms. The summed E-state index contributed by atoms with van der Waals surface area (Å²) in [5.74, 6) is 0.629. The molecule has 0 aromatic carbocycles. The van der Waals surface area contributed by atoms with Crippen molar-refractivity contribution >= 4 is 17.5 Å². The molecule has 0 spiro atoms. The minimum absolute atomic E-state index is 0.0211. The molecule has 70 valence electrons. The zero-order chi connectivity index (χ0) is 9.14. The Morgan fingerprint density at radius 3 is 2.58 bits per heavy atom. The normalized spacial score (nSPS) is 18.9. The van der Waals surface area contributed by atoms with Gasteiger partial charge in [-0.2, -0.15) is 0 Å². The van der Waals surface area contributed by atoms with Crippen LogP contribution in [-0.2, 0) is 4.79 Å². The molecule has 1 saturated carbocycles. The summed E-state index contributed by atoms with van der Waals surface area (Å²) < 4.78 is 0. The summed E-state index contributed by atoms with van der Waals surface area (Å²) in [4.78, 5) is 13.6. The van der Waals surface area contributed by atoms with E-state index in [0.717, 1.165) is 6.54 Å². The van der Waals surface area contributed by atoms with Gasteiger partial charge in [-0.1, -0.05) is 6.92 Å². The molecule has 1 aliphatic rings. The van der Waals surface area contributed by atoms with Gasteiger partial charge in [-0.3, -0.25) is 4.79 Å². The standard InChI is InChI=1S/C9H16ClNO/c1-3-11(8-4-5-8)9(12)7(2)6-10/h7-8H,3-6H2,1-2H3. The van der Waals surface area contributed by atoms with Gasteiger partial charge < -0.3 is 4.90 Å². The second kappa shape index (κ2) is 4.13. The summed E-state index contributed by atoms with van der Waals surface area (Å²) in [6.45, 7) is 4.74. The summed E-state index contributed by atoms with van der Waals surface area (Å²) in [5, 5.41) is 0. The minimum Gasteiger partial charge on any atom is -0.340 e. The maximum Gasteiger partial charge on any atom is 0.226 e. The first-order valence-corrected chi connectivity index (χ1v) is 5.10. The van der Waals surface area contributed by atoms with Crippen molar-refractivity contribution in [1.82, 2.24) is 4.90 Å². The predicted octanol–water partition coefficient (Wildman–Crippen LogP) is 1.87. The monoisotopic (exact) mass is 189 g/mol. The Morgan fingerprint density at radius 2 is 2.25 bits per heavy atom. The lowest BCUT2D eigenvalue weighted by Gasteiger charge is -2.23. The first-order chi connectivity index (χ1) is 5.70. The molecule has 1 amide bonds. The van der Waals surface area contributed by atoms with E-state index in [1.54, 1.807) is 0 Å². The highest BCUT2D eigenvalue weighted by Crippen LogP contribution is 2.27. The third-order valence-corrected chi connectivity index (χ3v) is 2.73. The number of alkyl halides is 1. The fraction of sp³-hybridized carbons (Fsp3) is 0.889. The van der Waals surface area contributed by atoms with Crippen LogP contribution in [0, 0.1) is 5.92 Å². The van der Waals surface area contributed by atoms with Gasteiger partial charge in [0, 0.05) is 24.4 Å². The molecule has 1 fully saturated rings. The van der Waals surface area contributed by atoms with Gasteiger partial charge in [0.2, 0.25) is 5.91 Å². The van der Waals surface area contributed by atoms with Crippen LogP contribution in [0.25, 0.3) is 0 Å². The number of halogens is 1. The Bertz CT molecular complexity index is 168. The van der Waals surface area contributed by atoms with Crippen LogP contribution in [0.4, 0.5) is 0 Å². The first kappa shape index (κ1) is 9.85. The number of hydrogen-bond acceptors (Lipinski definition) is 1. The van der Waals surface area contributed by atoms with Crippen LogP contribution in [-0.4, -0.2) is 29.3 Å². The topological polar surface area (TPSA) is 20.3 Å². The quantitative estimate of drug-likeness (QED) is 0.619. The molecular weight excluding hydrogens is 174 g/mol. The fourth-order valence-electron chi connectivity index (χ4n) is 1.33. The molecule has 0 radical (unpaired) electrons. The Kier molecular flexibility index (Phi) is 3.39. The first-order valence-electron chi connectivity index (χ1n) is 4.57. The van der Waals surface area contributed by atoms with E-state index in [9.17, 15) is 4.79 Å². The Balaban J connectivity index is 2.46. The van der Waals surface area contributed by atoms with Crippen LogP contribution >= 0.6 is 11.6 Å². The van der Waals surface area contributed by atoms with Crippen LogP contribution in [0.3, 0.4) is 0 Å². The van der Waals surface area contributed by atoms with Crippen molar-refractivity contribution in [2.24, 2.45) is 5.92 Å². The summed E-state index contributed by atoms with van der Waals surface area (Å²) in [6, 6.07) is 0.521. The lowest BCUT2D eigenvalue weighted by atomic mass is 10.2. The number of amides is 1. The third-order valence-electron chi connectivity index (χ3n) is 2.26. The highest BCUT2D eigenvalue weighted by atomic mass is 35.5. The molecule has 0 saturated heterocycles. The van der Waals surface area contributed by atoms with E-state index >= 15 is 0 Å². The number of hydrogen-bond donors (Lipinski definition) is 0. The molecule has 0 heterocycles. The van der Waals surface area contributed by atoms with Crippen LogP contribution < -0.4 is 0 Å². The smallest absolute Gasteiger partial charge is 0.226 e. The average Bonchev–Trinajstić information content (AvgIpc) is 2.88. The number of rotatable bonds is 4. The molecule has 1 atom stereocenters. The van der Waals surface area contributed by atoms with E-state index in [4.69, 9.17) is 11.6 Å². The van der Waals surface area contributed by atoms with E-state index in [-0.39, 0.29) is 11.8 Å². The van der Waals surface area contributed by atoms with E-state index in [1.807, 2.05) is 18.7 Å². The van der Waals surface area contributed by atoms with Gasteiger partial charge in [0.15, 0.2) is 0 Å². The highest BCUT2D eigenvalue weighted by molar-refractivity contribution is 6.19. The molecule has 1 aliphatic carbocycles. The van der Waals surface area contributed by atoms with E-state index in [2.05, 4.69) is 0 Å². The maximum absolute atomic E-state index is 11.6. The SMILES string of the molecule is CCN(C(=O)C(C)CCl)C1CC1. The molecular formula is C9H16ClNO. The Labute approximate surface area is 78.9 Å². The van der Waals surface area contributed by atoms with Crippen molar-refractivity contribution in [3.8, 4) is 0 Å². The largest absolute Gasteiger partial charge is 0.340 e. The van der Waals surface area contributed by atoms with Gasteiger partial charge in [0.25, 0.3) is 0 Å². The second-order valence-corrected chi connectivity index (χ2v) is 3.72. The van der Waals surface area contributed by atoms with Crippen LogP contribution in [0.15, 0.2) is 0 Å². The van der Waals surface area contributed by atoms with Crippen molar-refractivity contribution in [2.45, 2.75) is 32.7 Å². The average molecular weight is 190 g/mol. The van der Waals surface area contributed by atoms with Crippen LogP contribution in [0.2, 0.25) is 0 Å². The molecule has 0 aromatic rings. The third kappa shape index (κ3) is 2.13. The van der Waals surface area contributed by atoms with Gasteiger partial charge in [-0.15, -0.1) is 11.6 Å². The van der Waals surface area contributed by atoms with E-state index in [1.165, 1.54) is 12.8 Å². The summed E-state index contributed by atoms with van der Waals surface area (Å²) in [7, 11) is 0. The highest BCUT2D eigenvalue weighted by Gasteiger charge is 2.32. The summed E-state index contributed by atoms with van der Waals surface area (Å²) >= 11 is 5.63. The van der Waals surface area contributed by atoms with Crippen molar-refractivity contribution < 1.29 is 4.79 Å². The fourth-order valence-corrected chi connectivity index (χ4v) is 1.46. The predicted molar refractivity (Wildman–Crippen MR) is 50.3 cm³/mol. The number of nitrogens with zero attached hydrogens (tertiary/aromatic N) is 1. The van der Waals surface area contributed by atoms with Crippen molar-refractivity contribution in [3.05, 3.63) is 0 Å². The van der Waals surface area contributed by atoms with E-state index < -0.39 is 0 Å². The van der Waals surface area contributed by atoms with Crippen molar-refractivity contribution in [1.29, 1.82) is 0 Å². The van der Waals surface area contributed by atoms with Crippen molar-refractivity contribution in [2.75, 3.05) is 12.4 Å². The zero-order valence-electron chi connectivity index (χ0n) is 7.72. The zero-order valence-corrected chi connectivity index (χ0v) is 8.47. The van der Waals surface area contributed by atoms with Crippen LogP contribution in [0.5, 0.6) is 0 Å². The minimum atomic E-state index is -0.0211. The molecule has 0 N–H and O–H groups in total. The number of carbonyl (C=O) groups excluding carboxylic acids is 1. The summed E-state index contributed by atoms with van der Waals surface area (Å²) in [6.07, 6.45) is 2.35. The lowest BCUT2D eigenvalue weighted by Crippen LogP contribution is -2.37. The molecule has 0 aromatic heterocycles. The van der Waals surface area contributed by atoms with Crippen molar-refractivity contribution in [3.63, 3.8) is 0 Å². The van der Waals surface area contributed by atoms with Gasteiger partial charge in [0.1, 0.15) is 0 Å². The lowest BCUT2D eigenvalue weighted by molar-refractivity contribution is -0.134. The number of carbonyl (C=O) groups is 1. The molecule has 3 heteroatoms. The van der Waals surface area contributed by atoms with Crippen LogP contribution in [0.1, 0.15) is 26.7 Å². The van der Waals surface area contributed by atoms with Gasteiger partial charge in [-0.25, -0.2) is 0 Å². The molecule has 1 unspecified atom stereocenters. The molecule has 1 rings (SSSR count).